The minimum Gasteiger partial charge on any atom is -0.488 e. The lowest BCUT2D eigenvalue weighted by Crippen LogP contribution is -2.05. The number of hydrogen-bond acceptors (Lipinski definition) is 6. The van der Waals surface area contributed by atoms with Crippen molar-refractivity contribution in [1.29, 1.82) is 0 Å². The van der Waals surface area contributed by atoms with Crippen molar-refractivity contribution in [3.63, 3.8) is 0 Å². The molecule has 258 valence electrons. The van der Waals surface area contributed by atoms with Crippen LogP contribution in [-0.2, 0) is 30.4 Å². The Bertz CT molecular complexity index is 2040. The first-order chi connectivity index (χ1) is 24.7. The third-order valence-corrected chi connectivity index (χ3v) is 8.61. The maximum Gasteiger partial charge on any atom is 0.416 e. The highest BCUT2D eigenvalue weighted by Crippen LogP contribution is 2.31. The number of hydrogen-bond donors (Lipinski definition) is 1. The molecule has 6 rings (SSSR count). The maximum atomic E-state index is 13.0. The van der Waals surface area contributed by atoms with Crippen LogP contribution in [0.5, 0.6) is 5.75 Å². The van der Waals surface area contributed by atoms with E-state index in [0.717, 1.165) is 65.0 Å². The van der Waals surface area contributed by atoms with Crippen LogP contribution < -0.4 is 4.74 Å². The molecule has 1 heterocycles. The Morgan fingerprint density at radius 2 is 1.41 bits per heavy atom. The molecule has 6 aromatic rings. The molecule has 0 aliphatic carbocycles. The van der Waals surface area contributed by atoms with Crippen molar-refractivity contribution in [1.82, 2.24) is 20.6 Å². The lowest BCUT2D eigenvalue weighted by molar-refractivity contribution is -0.137. The van der Waals surface area contributed by atoms with Gasteiger partial charge in [0.15, 0.2) is 5.82 Å². The summed E-state index contributed by atoms with van der Waals surface area (Å²) in [4.78, 5) is 11.9. The number of rotatable bonds is 13. The zero-order chi connectivity index (χ0) is 35.6. The van der Waals surface area contributed by atoms with E-state index in [0.29, 0.717) is 23.6 Å². The van der Waals surface area contributed by atoms with Crippen molar-refractivity contribution in [2.45, 2.75) is 32.0 Å². The summed E-state index contributed by atoms with van der Waals surface area (Å²) in [5.74, 6) is 1.18. The van der Waals surface area contributed by atoms with Crippen LogP contribution in [0.2, 0.25) is 0 Å². The molecule has 10 heteroatoms. The third-order valence-electron chi connectivity index (χ3n) is 8.61. The average molecular weight is 689 g/mol. The van der Waals surface area contributed by atoms with E-state index in [1.165, 1.54) is 24.8 Å². The van der Waals surface area contributed by atoms with Crippen LogP contribution >= 0.6 is 0 Å². The number of carbonyl (C=O) groups excluding carboxylic acids is 1. The summed E-state index contributed by atoms with van der Waals surface area (Å²) >= 11 is 0. The summed E-state index contributed by atoms with van der Waals surface area (Å²) in [6.45, 7) is 0.330. The largest absolute Gasteiger partial charge is 0.488 e. The number of aromatic amines is 1. The maximum absolute atomic E-state index is 13.0. The number of H-pyrrole nitrogens is 1. The van der Waals surface area contributed by atoms with Gasteiger partial charge in [-0.2, -0.15) is 13.2 Å². The number of esters is 1. The van der Waals surface area contributed by atoms with Crippen molar-refractivity contribution >= 4 is 12.0 Å². The van der Waals surface area contributed by atoms with E-state index < -0.39 is 11.7 Å². The van der Waals surface area contributed by atoms with Crippen molar-refractivity contribution in [2.75, 3.05) is 7.11 Å². The highest BCUT2D eigenvalue weighted by Gasteiger charge is 2.30. The fourth-order valence-electron chi connectivity index (χ4n) is 5.72. The number of tetrazole rings is 1. The molecule has 0 amide bonds. The summed E-state index contributed by atoms with van der Waals surface area (Å²) in [6, 6.07) is 36.3. The Kier molecular flexibility index (Phi) is 11.0. The highest BCUT2D eigenvalue weighted by molar-refractivity contribution is 5.89. The van der Waals surface area contributed by atoms with E-state index >= 15 is 0 Å². The topological polar surface area (TPSA) is 90.0 Å². The molecule has 0 aliphatic heterocycles. The van der Waals surface area contributed by atoms with Crippen molar-refractivity contribution in [3.05, 3.63) is 161 Å². The second-order valence-electron chi connectivity index (χ2n) is 12.1. The number of halogens is 3. The first-order valence-corrected chi connectivity index (χ1v) is 16.4. The first-order valence-electron chi connectivity index (χ1n) is 16.4. The number of nitrogens with one attached hydrogen (secondary N) is 1. The zero-order valence-corrected chi connectivity index (χ0v) is 27.8. The predicted octanol–water partition coefficient (Wildman–Crippen LogP) is 9.42. The van der Waals surface area contributed by atoms with Gasteiger partial charge in [0.2, 0.25) is 0 Å². The normalized spacial score (nSPS) is 12.2. The van der Waals surface area contributed by atoms with Crippen molar-refractivity contribution in [3.8, 4) is 28.3 Å². The van der Waals surface area contributed by atoms with Crippen LogP contribution in [0.3, 0.4) is 0 Å². The quantitative estimate of drug-likeness (QED) is 0.122. The summed E-state index contributed by atoms with van der Waals surface area (Å²) in [6.07, 6.45) is 2.45. The number of ether oxygens (including phenoxy) is 2. The molecule has 0 bridgehead atoms. The molecule has 0 saturated carbocycles. The van der Waals surface area contributed by atoms with Gasteiger partial charge >= 0.3 is 12.1 Å². The number of nitrogens with zero attached hydrogens (tertiary/aromatic N) is 3. The molecular formula is C41H35F3N4O3. The number of aromatic nitrogens is 4. The predicted molar refractivity (Wildman–Crippen MR) is 190 cm³/mol. The molecule has 0 saturated heterocycles. The van der Waals surface area contributed by atoms with Crippen LogP contribution in [0.25, 0.3) is 28.6 Å². The summed E-state index contributed by atoms with van der Waals surface area (Å²) in [7, 11) is 1.37. The Balaban J connectivity index is 1.14. The van der Waals surface area contributed by atoms with Crippen LogP contribution in [0.15, 0.2) is 127 Å². The molecule has 51 heavy (non-hydrogen) atoms. The van der Waals surface area contributed by atoms with Crippen molar-refractivity contribution < 1.29 is 27.4 Å². The van der Waals surface area contributed by atoms with Gasteiger partial charge in [-0.15, -0.1) is 5.10 Å². The van der Waals surface area contributed by atoms with Gasteiger partial charge in [0, 0.05) is 11.1 Å². The number of allylic oxidation sites excluding steroid dienone is 1. The number of benzene rings is 5. The standard InChI is InChI=1S/C41H35F3N4O3/c1-50-40(49)36-20-8-28(9-21-36)6-7-29(26-30-11-18-35(19-12-30)39-45-47-48-46-39)10-17-34-4-2-3-5-38(34)51-27-31-13-15-32(16-14-31)33-22-24-37(25-23-33)41(42,43)44/h2-5,8-25,29H,6-7,26-27H2,1H3,(H,45,46,47,48)/b17-10+. The molecule has 0 aliphatic rings. The number of aryl methyl sites for hydroxylation is 1. The Labute approximate surface area is 293 Å². The van der Waals surface area contributed by atoms with Crippen LogP contribution in [0.1, 0.15) is 44.6 Å². The van der Waals surface area contributed by atoms with E-state index in [2.05, 4.69) is 44.9 Å². The van der Waals surface area contributed by atoms with Gasteiger partial charge in [0.1, 0.15) is 12.4 Å². The summed E-state index contributed by atoms with van der Waals surface area (Å²) in [5, 5.41) is 14.1. The Hall–Kier alpha value is -6.03. The Morgan fingerprint density at radius 3 is 2.06 bits per heavy atom. The van der Waals surface area contributed by atoms with Gasteiger partial charge in [-0.1, -0.05) is 103 Å². The van der Waals surface area contributed by atoms with E-state index in [1.807, 2.05) is 72.8 Å². The second-order valence-corrected chi connectivity index (χ2v) is 12.1. The number of methoxy groups -OCH3 is 1. The first kappa shape index (κ1) is 34.8. The Morgan fingerprint density at radius 1 is 0.784 bits per heavy atom. The molecular weight excluding hydrogens is 653 g/mol. The molecule has 0 spiro atoms. The van der Waals surface area contributed by atoms with Gasteiger partial charge in [0.25, 0.3) is 0 Å². The van der Waals surface area contributed by atoms with Gasteiger partial charge < -0.3 is 9.47 Å². The second kappa shape index (κ2) is 16.1. The number of alkyl halides is 3. The number of para-hydroxylation sites is 1. The molecule has 5 aromatic carbocycles. The number of carbonyl (C=O) groups is 1. The lowest BCUT2D eigenvalue weighted by atomic mass is 9.91. The van der Waals surface area contributed by atoms with Gasteiger partial charge in [0.05, 0.1) is 18.2 Å². The molecule has 7 nitrogen and oxygen atoms in total. The molecule has 1 N–H and O–H groups in total. The lowest BCUT2D eigenvalue weighted by Gasteiger charge is -2.15. The van der Waals surface area contributed by atoms with Crippen LogP contribution in [0, 0.1) is 5.92 Å². The van der Waals surface area contributed by atoms with E-state index in [9.17, 15) is 18.0 Å². The van der Waals surface area contributed by atoms with E-state index in [4.69, 9.17) is 9.47 Å². The molecule has 0 radical (unpaired) electrons. The van der Waals surface area contributed by atoms with Gasteiger partial charge in [-0.05, 0) is 93.8 Å². The van der Waals surface area contributed by atoms with Crippen molar-refractivity contribution in [2.24, 2.45) is 5.92 Å². The smallest absolute Gasteiger partial charge is 0.416 e. The minimum absolute atomic E-state index is 0.189. The van der Waals surface area contributed by atoms with Gasteiger partial charge in [-0.25, -0.2) is 9.89 Å². The highest BCUT2D eigenvalue weighted by atomic mass is 19.4. The third kappa shape index (κ3) is 9.36. The zero-order valence-electron chi connectivity index (χ0n) is 27.8. The monoisotopic (exact) mass is 688 g/mol. The minimum atomic E-state index is -4.36. The molecule has 1 atom stereocenters. The fraction of sp³-hybridized carbons (Fsp3) is 0.171. The van der Waals surface area contributed by atoms with E-state index in [-0.39, 0.29) is 11.9 Å². The van der Waals surface area contributed by atoms with Gasteiger partial charge in [-0.3, -0.25) is 0 Å². The summed E-state index contributed by atoms with van der Waals surface area (Å²) in [5.41, 5.74) is 6.47. The molecule has 1 unspecified atom stereocenters. The summed E-state index contributed by atoms with van der Waals surface area (Å²) < 4.78 is 50.0. The average Bonchev–Trinajstić information content (AvgIpc) is 3.71. The molecule has 1 aromatic heterocycles. The van der Waals surface area contributed by atoms with Crippen LogP contribution in [-0.4, -0.2) is 33.7 Å². The SMILES string of the molecule is COC(=O)c1ccc(CCC(/C=C/c2ccccc2OCc2ccc(-c3ccc(C(F)(F)F)cc3)cc2)Cc2ccc(-c3nnn[nH]3)cc2)cc1. The van der Waals surface area contributed by atoms with E-state index in [1.54, 1.807) is 12.1 Å². The fourth-order valence-corrected chi connectivity index (χ4v) is 5.72. The molecule has 0 fully saturated rings. The van der Waals surface area contributed by atoms with Crippen LogP contribution in [0.4, 0.5) is 13.2 Å².